The highest BCUT2D eigenvalue weighted by Gasteiger charge is 2.35. The van der Waals surface area contributed by atoms with Gasteiger partial charge in [0.15, 0.2) is 0 Å². The Morgan fingerprint density at radius 3 is 2.17 bits per heavy atom. The van der Waals surface area contributed by atoms with E-state index in [2.05, 4.69) is 51.9 Å². The molecule has 1 fully saturated rings. The van der Waals surface area contributed by atoms with Crippen molar-refractivity contribution in [3.05, 3.63) is 0 Å². The smallest absolute Gasteiger partial charge is 0.0105 e. The van der Waals surface area contributed by atoms with Crippen LogP contribution in [0.1, 0.15) is 53.9 Å². The maximum absolute atomic E-state index is 3.55. The van der Waals surface area contributed by atoms with Crippen molar-refractivity contribution < 1.29 is 0 Å². The minimum Gasteiger partial charge on any atom is -0.317 e. The van der Waals surface area contributed by atoms with Crippen LogP contribution in [0.3, 0.4) is 0 Å². The topological polar surface area (TPSA) is 15.3 Å². The molecule has 0 aromatic carbocycles. The molecular weight excluding hydrogens is 220 g/mol. The number of nitrogens with zero attached hydrogens (tertiary/aromatic N) is 1. The van der Waals surface area contributed by atoms with Crippen molar-refractivity contribution in [2.45, 2.75) is 59.9 Å². The molecule has 1 aliphatic carbocycles. The molecule has 0 aromatic rings. The maximum atomic E-state index is 3.55. The Morgan fingerprint density at radius 2 is 1.72 bits per heavy atom. The second kappa shape index (κ2) is 6.91. The van der Waals surface area contributed by atoms with E-state index >= 15 is 0 Å². The van der Waals surface area contributed by atoms with Crippen molar-refractivity contribution >= 4 is 0 Å². The Hall–Kier alpha value is -0.0800. The van der Waals surface area contributed by atoms with E-state index < -0.39 is 0 Å². The van der Waals surface area contributed by atoms with E-state index in [9.17, 15) is 0 Å². The zero-order valence-electron chi connectivity index (χ0n) is 13.4. The van der Waals surface area contributed by atoms with Crippen molar-refractivity contribution in [2.75, 3.05) is 26.7 Å². The van der Waals surface area contributed by atoms with Crippen LogP contribution < -0.4 is 5.32 Å². The molecular formula is C16H34N2. The highest BCUT2D eigenvalue weighted by atomic mass is 15.1. The van der Waals surface area contributed by atoms with Crippen LogP contribution in [0.25, 0.3) is 0 Å². The first-order chi connectivity index (χ1) is 8.42. The molecule has 1 saturated carbocycles. The Balaban J connectivity index is 2.64. The molecule has 3 unspecified atom stereocenters. The zero-order chi connectivity index (χ0) is 13.8. The fraction of sp³-hybridized carbons (Fsp3) is 1.00. The molecule has 0 bridgehead atoms. The van der Waals surface area contributed by atoms with Crippen LogP contribution in [0.2, 0.25) is 0 Å². The summed E-state index contributed by atoms with van der Waals surface area (Å²) in [6.45, 7) is 15.4. The summed E-state index contributed by atoms with van der Waals surface area (Å²) < 4.78 is 0. The summed E-state index contributed by atoms with van der Waals surface area (Å²) in [5.41, 5.74) is 0.472. The van der Waals surface area contributed by atoms with E-state index in [-0.39, 0.29) is 0 Å². The van der Waals surface area contributed by atoms with Crippen LogP contribution in [-0.4, -0.2) is 37.6 Å². The number of rotatable bonds is 5. The van der Waals surface area contributed by atoms with Crippen molar-refractivity contribution in [3.63, 3.8) is 0 Å². The largest absolute Gasteiger partial charge is 0.317 e. The molecule has 2 heteroatoms. The van der Waals surface area contributed by atoms with E-state index in [4.69, 9.17) is 0 Å². The number of hydrogen-bond acceptors (Lipinski definition) is 2. The lowest BCUT2D eigenvalue weighted by atomic mass is 9.67. The van der Waals surface area contributed by atoms with Gasteiger partial charge in [-0.25, -0.2) is 0 Å². The van der Waals surface area contributed by atoms with Gasteiger partial charge in [0.2, 0.25) is 0 Å². The van der Waals surface area contributed by atoms with Crippen LogP contribution in [-0.2, 0) is 0 Å². The minimum atomic E-state index is 0.472. The van der Waals surface area contributed by atoms with Gasteiger partial charge in [-0.15, -0.1) is 0 Å². The van der Waals surface area contributed by atoms with Gasteiger partial charge >= 0.3 is 0 Å². The highest BCUT2D eigenvalue weighted by Crippen LogP contribution is 2.40. The van der Waals surface area contributed by atoms with Crippen LogP contribution >= 0.6 is 0 Å². The Kier molecular flexibility index (Phi) is 6.13. The third kappa shape index (κ3) is 4.24. The molecule has 0 amide bonds. The summed E-state index contributed by atoms with van der Waals surface area (Å²) in [5, 5.41) is 3.55. The van der Waals surface area contributed by atoms with Crippen LogP contribution in [0.4, 0.5) is 0 Å². The first-order valence-electron chi connectivity index (χ1n) is 7.81. The Labute approximate surface area is 115 Å². The molecule has 0 heterocycles. The van der Waals surface area contributed by atoms with Gasteiger partial charge in [-0.2, -0.15) is 0 Å². The fourth-order valence-corrected chi connectivity index (χ4v) is 3.45. The van der Waals surface area contributed by atoms with Gasteiger partial charge in [-0.05, 0) is 56.7 Å². The first kappa shape index (κ1) is 16.0. The lowest BCUT2D eigenvalue weighted by Gasteiger charge is -2.43. The summed E-state index contributed by atoms with van der Waals surface area (Å²) in [6.07, 6.45) is 4.14. The fourth-order valence-electron chi connectivity index (χ4n) is 3.45. The predicted molar refractivity (Wildman–Crippen MR) is 80.9 cm³/mol. The van der Waals surface area contributed by atoms with Crippen molar-refractivity contribution in [3.8, 4) is 0 Å². The van der Waals surface area contributed by atoms with Gasteiger partial charge in [-0.1, -0.05) is 34.6 Å². The van der Waals surface area contributed by atoms with E-state index in [1.54, 1.807) is 0 Å². The van der Waals surface area contributed by atoms with Gasteiger partial charge in [0.05, 0.1) is 0 Å². The monoisotopic (exact) mass is 254 g/mol. The van der Waals surface area contributed by atoms with Gasteiger partial charge in [0.1, 0.15) is 0 Å². The summed E-state index contributed by atoms with van der Waals surface area (Å²) >= 11 is 0. The van der Waals surface area contributed by atoms with Gasteiger partial charge in [0.25, 0.3) is 0 Å². The van der Waals surface area contributed by atoms with E-state index in [1.165, 1.54) is 38.9 Å². The highest BCUT2D eigenvalue weighted by molar-refractivity contribution is 4.89. The third-order valence-electron chi connectivity index (χ3n) is 4.97. The quantitative estimate of drug-likeness (QED) is 0.809. The van der Waals surface area contributed by atoms with Crippen molar-refractivity contribution in [1.29, 1.82) is 0 Å². The van der Waals surface area contributed by atoms with E-state index in [1.807, 2.05) is 0 Å². The second-order valence-corrected chi connectivity index (χ2v) is 7.02. The van der Waals surface area contributed by atoms with Crippen molar-refractivity contribution in [2.24, 2.45) is 17.3 Å². The third-order valence-corrected chi connectivity index (χ3v) is 4.97. The van der Waals surface area contributed by atoms with E-state index in [0.717, 1.165) is 17.9 Å². The standard InChI is InChI=1S/C16H34N2/c1-7-18(8-2)12-13-11-14(16(3,4)5)9-10-15(13)17-6/h13-15,17H,7-12H2,1-6H3. The van der Waals surface area contributed by atoms with Gasteiger partial charge < -0.3 is 10.2 Å². The minimum absolute atomic E-state index is 0.472. The molecule has 3 atom stereocenters. The van der Waals surface area contributed by atoms with Crippen LogP contribution in [0.5, 0.6) is 0 Å². The predicted octanol–water partition coefficient (Wildman–Crippen LogP) is 3.38. The zero-order valence-corrected chi connectivity index (χ0v) is 13.4. The summed E-state index contributed by atoms with van der Waals surface area (Å²) in [6, 6.07) is 0.726. The van der Waals surface area contributed by atoms with Crippen LogP contribution in [0.15, 0.2) is 0 Å². The molecule has 108 valence electrons. The van der Waals surface area contributed by atoms with Crippen LogP contribution in [0, 0.1) is 17.3 Å². The molecule has 1 rings (SSSR count). The summed E-state index contributed by atoms with van der Waals surface area (Å²) in [7, 11) is 2.14. The Morgan fingerprint density at radius 1 is 1.11 bits per heavy atom. The maximum Gasteiger partial charge on any atom is 0.0105 e. The van der Waals surface area contributed by atoms with Gasteiger partial charge in [0, 0.05) is 12.6 Å². The lowest BCUT2D eigenvalue weighted by molar-refractivity contribution is 0.0924. The molecule has 1 N–H and O–H groups in total. The molecule has 2 nitrogen and oxygen atoms in total. The molecule has 0 aromatic heterocycles. The summed E-state index contributed by atoms with van der Waals surface area (Å²) in [4.78, 5) is 2.58. The van der Waals surface area contributed by atoms with Crippen molar-refractivity contribution in [1.82, 2.24) is 10.2 Å². The lowest BCUT2D eigenvalue weighted by Crippen LogP contribution is -2.46. The second-order valence-electron chi connectivity index (χ2n) is 7.02. The first-order valence-corrected chi connectivity index (χ1v) is 7.81. The SMILES string of the molecule is CCN(CC)CC1CC(C(C)(C)C)CCC1NC. The summed E-state index contributed by atoms with van der Waals surface area (Å²) in [5.74, 6) is 1.72. The number of hydrogen-bond donors (Lipinski definition) is 1. The molecule has 0 aliphatic heterocycles. The average molecular weight is 254 g/mol. The Bertz CT molecular complexity index is 228. The number of nitrogens with one attached hydrogen (secondary N) is 1. The molecule has 0 radical (unpaired) electrons. The normalized spacial score (nSPS) is 29.8. The molecule has 0 saturated heterocycles. The average Bonchev–Trinajstić information content (AvgIpc) is 2.34. The van der Waals surface area contributed by atoms with E-state index in [0.29, 0.717) is 5.41 Å². The molecule has 18 heavy (non-hydrogen) atoms. The molecule has 1 aliphatic rings. The molecule has 0 spiro atoms. The van der Waals surface area contributed by atoms with Gasteiger partial charge in [-0.3, -0.25) is 0 Å².